The maximum Gasteiger partial charge on any atom is 0.511 e. The third-order valence-corrected chi connectivity index (χ3v) is 19.8. The standard InChI is InChI=1S/C16H21N3O.C15H19N3O.C14H14F4N2O2S.C14H20N4O2S/c1-12(20)19-9-8-18(11-16(19,2)3)15-10-17-14-7-5-4-6-13(14)15;1-11-10-17(7-8-18(11)12(2)19)15-9-16-14-6-4-3-5-13(14)15;15-10-1-2-11-12(8-19-13(11)7-10)9-3-5-20(6-4-9)23(21,22)14(16,17)18;1-16(2)21(19,20)18-9-7-17(8-10-18)14-11-15-13-6-4-3-5-12(13)14/h4-7,10,17H,8-9,11H2,1-3H3;3-6,9,11,16H,7-8,10H2,1-2H3;1-2,7-9,19H,3-6H2;3-6,11,15H,7-10H2,1-2H3. The van der Waals surface area contributed by atoms with Gasteiger partial charge < -0.3 is 44.4 Å². The number of hydrogen-bond donors (Lipinski definition) is 4. The third-order valence-electron chi connectivity index (χ3n) is 16.3. The Morgan fingerprint density at radius 2 is 1.06 bits per heavy atom. The molecule has 0 saturated carbocycles. The third kappa shape index (κ3) is 13.0. The van der Waals surface area contributed by atoms with Gasteiger partial charge in [-0.1, -0.05) is 54.6 Å². The van der Waals surface area contributed by atoms with Gasteiger partial charge in [0.05, 0.1) is 22.6 Å². The number of sulfonamides is 1. The van der Waals surface area contributed by atoms with Crippen molar-refractivity contribution in [3.8, 4) is 0 Å². The number of H-pyrrole nitrogens is 4. The van der Waals surface area contributed by atoms with E-state index < -0.39 is 25.7 Å². The Hall–Kier alpha value is -7.12. The summed E-state index contributed by atoms with van der Waals surface area (Å²) in [6.45, 7) is 16.9. The molecule has 4 fully saturated rings. The number of carbonyl (C=O) groups excluding carboxylic acids is 2. The zero-order valence-corrected chi connectivity index (χ0v) is 49.5. The van der Waals surface area contributed by atoms with Crippen molar-refractivity contribution < 1.29 is 44.0 Å². The number of halogens is 4. The first-order valence-electron chi connectivity index (χ1n) is 27.8. The maximum absolute atomic E-state index is 13.2. The van der Waals surface area contributed by atoms with Crippen LogP contribution in [0.25, 0.3) is 43.6 Å². The maximum atomic E-state index is 13.2. The number of amides is 2. The summed E-state index contributed by atoms with van der Waals surface area (Å²) in [7, 11) is -5.42. The highest BCUT2D eigenvalue weighted by Gasteiger charge is 2.50. The van der Waals surface area contributed by atoms with Crippen molar-refractivity contribution in [2.45, 2.75) is 70.5 Å². The monoisotopic (exact) mass is 1190 g/mol. The van der Waals surface area contributed by atoms with Crippen LogP contribution >= 0.6 is 0 Å². The van der Waals surface area contributed by atoms with Crippen LogP contribution in [0.4, 0.5) is 34.6 Å². The minimum Gasteiger partial charge on any atom is -0.367 e. The molecule has 4 N–H and O–H groups in total. The molecule has 4 aliphatic rings. The largest absolute Gasteiger partial charge is 0.511 e. The van der Waals surface area contributed by atoms with Crippen molar-refractivity contribution in [1.82, 2.24) is 42.7 Å². The fourth-order valence-corrected chi connectivity index (χ4v) is 14.0. The van der Waals surface area contributed by atoms with Gasteiger partial charge >= 0.3 is 15.5 Å². The van der Waals surface area contributed by atoms with Crippen molar-refractivity contribution in [1.29, 1.82) is 0 Å². The van der Waals surface area contributed by atoms with Crippen LogP contribution in [-0.2, 0) is 29.8 Å². The highest BCUT2D eigenvalue weighted by atomic mass is 32.2. The first-order valence-corrected chi connectivity index (χ1v) is 30.7. The molecule has 8 aromatic rings. The zero-order valence-electron chi connectivity index (χ0n) is 47.9. The van der Waals surface area contributed by atoms with Gasteiger partial charge in [-0.05, 0) is 81.5 Å². The molecular weight excluding hydrogens is 1110 g/mol. The molecular formula is C59H74F4N12O6S2. The molecule has 2 amide bonds. The molecule has 0 aliphatic carbocycles. The lowest BCUT2D eigenvalue weighted by molar-refractivity contribution is -0.134. The van der Waals surface area contributed by atoms with Crippen LogP contribution in [0, 0.1) is 5.82 Å². The molecule has 12 rings (SSSR count). The van der Waals surface area contributed by atoms with Gasteiger partial charge in [0.2, 0.25) is 11.8 Å². The summed E-state index contributed by atoms with van der Waals surface area (Å²) < 4.78 is 101. The minimum absolute atomic E-state index is 0.0612. The van der Waals surface area contributed by atoms with Gasteiger partial charge in [0.1, 0.15) is 5.82 Å². The van der Waals surface area contributed by atoms with Gasteiger partial charge in [-0.3, -0.25) is 9.59 Å². The fourth-order valence-electron chi connectivity index (χ4n) is 11.9. The number of piperazine rings is 3. The molecule has 1 atom stereocenters. The van der Waals surface area contributed by atoms with E-state index in [4.69, 9.17) is 0 Å². The number of fused-ring (bicyclic) bond motifs is 4. The molecule has 24 heteroatoms. The smallest absolute Gasteiger partial charge is 0.367 e. The lowest BCUT2D eigenvalue weighted by Crippen LogP contribution is -2.60. The fraction of sp³-hybridized carbons (Fsp3) is 0.424. The molecule has 4 aromatic carbocycles. The van der Waals surface area contributed by atoms with Crippen molar-refractivity contribution in [2.24, 2.45) is 0 Å². The van der Waals surface area contributed by atoms with Gasteiger partial charge in [0.15, 0.2) is 0 Å². The number of anilines is 3. The molecule has 0 spiro atoms. The molecule has 83 heavy (non-hydrogen) atoms. The van der Waals surface area contributed by atoms with Crippen molar-refractivity contribution >= 4 is 92.7 Å². The van der Waals surface area contributed by atoms with Gasteiger partial charge in [0, 0.05) is 181 Å². The average Bonchev–Trinajstić information content (AvgIpc) is 4.46. The minimum atomic E-state index is -5.27. The average molecular weight is 1190 g/mol. The SMILES string of the molecule is CC(=O)N1CCN(c2c[nH]c3ccccc23)CC1(C)C.CC(=O)N1CCN(c2c[nH]c3ccccc23)CC1C.CN(C)S(=O)(=O)N1CCN(c2c[nH]c3ccccc23)CC1.O=S(=O)(N1CCC(c2c[nH]c3cc(F)ccc23)CC1)C(F)(F)F. The number of hydrogen-bond acceptors (Lipinski definition) is 9. The van der Waals surface area contributed by atoms with E-state index in [1.54, 1.807) is 44.5 Å². The molecule has 8 heterocycles. The summed E-state index contributed by atoms with van der Waals surface area (Å²) in [6, 6.07) is 29.4. The van der Waals surface area contributed by atoms with Gasteiger partial charge in [-0.15, -0.1) is 0 Å². The van der Waals surface area contributed by atoms with E-state index in [9.17, 15) is 44.0 Å². The Balaban J connectivity index is 0.000000133. The Bertz CT molecular complexity index is 3790. The van der Waals surface area contributed by atoms with E-state index in [0.29, 0.717) is 48.8 Å². The lowest BCUT2D eigenvalue weighted by Gasteiger charge is -2.47. The molecule has 0 radical (unpaired) electrons. The number of rotatable bonds is 7. The Kier molecular flexibility index (Phi) is 17.9. The van der Waals surface area contributed by atoms with E-state index in [1.165, 1.54) is 49.5 Å². The highest BCUT2D eigenvalue weighted by molar-refractivity contribution is 7.90. The zero-order chi connectivity index (χ0) is 59.6. The summed E-state index contributed by atoms with van der Waals surface area (Å²) in [6.07, 6.45) is 8.44. The van der Waals surface area contributed by atoms with Crippen LogP contribution in [0.5, 0.6) is 0 Å². The number of benzene rings is 4. The van der Waals surface area contributed by atoms with Crippen LogP contribution in [0.15, 0.2) is 116 Å². The van der Waals surface area contributed by atoms with E-state index in [1.807, 2.05) is 46.3 Å². The van der Waals surface area contributed by atoms with Crippen LogP contribution in [0.1, 0.15) is 58.9 Å². The number of nitrogens with zero attached hydrogens (tertiary/aromatic N) is 8. The molecule has 4 aliphatic heterocycles. The second-order valence-corrected chi connectivity index (χ2v) is 26.4. The van der Waals surface area contributed by atoms with E-state index in [0.717, 1.165) is 66.9 Å². The summed E-state index contributed by atoms with van der Waals surface area (Å²) >= 11 is 0. The van der Waals surface area contributed by atoms with Crippen molar-refractivity contribution in [2.75, 3.05) is 107 Å². The molecule has 446 valence electrons. The van der Waals surface area contributed by atoms with E-state index in [-0.39, 0.29) is 48.2 Å². The summed E-state index contributed by atoms with van der Waals surface area (Å²) in [5, 5.41) is 4.50. The molecule has 4 saturated heterocycles. The summed E-state index contributed by atoms with van der Waals surface area (Å²) in [5.74, 6) is -0.106. The summed E-state index contributed by atoms with van der Waals surface area (Å²) in [4.78, 5) is 47.0. The number of aromatic amines is 4. The second-order valence-electron chi connectivity index (χ2n) is 22.3. The predicted molar refractivity (Wildman–Crippen MR) is 321 cm³/mol. The lowest BCUT2D eigenvalue weighted by atomic mass is 9.90. The number of aromatic nitrogens is 4. The highest BCUT2D eigenvalue weighted by Crippen LogP contribution is 2.38. The molecule has 18 nitrogen and oxygen atoms in total. The van der Waals surface area contributed by atoms with E-state index in [2.05, 4.69) is 110 Å². The van der Waals surface area contributed by atoms with Gasteiger partial charge in [0.25, 0.3) is 10.2 Å². The van der Waals surface area contributed by atoms with Crippen LogP contribution in [0.2, 0.25) is 0 Å². The number of carbonyl (C=O) groups is 2. The topological polar surface area (TPSA) is 191 Å². The van der Waals surface area contributed by atoms with Crippen molar-refractivity contribution in [3.05, 3.63) is 127 Å². The molecule has 0 bridgehead atoms. The number of nitrogens with one attached hydrogen (secondary N) is 4. The Morgan fingerprint density at radius 1 is 0.578 bits per heavy atom. The first kappa shape index (κ1) is 60.5. The number of alkyl halides is 3. The number of piperidine rings is 1. The predicted octanol–water partition coefficient (Wildman–Crippen LogP) is 9.27. The first-order chi connectivity index (χ1) is 39.3. The van der Waals surface area contributed by atoms with E-state index >= 15 is 0 Å². The summed E-state index contributed by atoms with van der Waals surface area (Å²) in [5.41, 5.74) is 3.15. The Morgan fingerprint density at radius 3 is 1.54 bits per heavy atom. The quantitative estimate of drug-likeness (QED) is 0.113. The van der Waals surface area contributed by atoms with Crippen LogP contribution in [-0.4, -0.2) is 181 Å². The van der Waals surface area contributed by atoms with Crippen molar-refractivity contribution in [3.63, 3.8) is 0 Å². The molecule has 1 unspecified atom stereocenters. The molecule has 4 aromatic heterocycles. The van der Waals surface area contributed by atoms with Crippen LogP contribution < -0.4 is 14.7 Å². The van der Waals surface area contributed by atoms with Crippen LogP contribution in [0.3, 0.4) is 0 Å². The number of para-hydroxylation sites is 3. The van der Waals surface area contributed by atoms with Gasteiger partial charge in [-0.2, -0.15) is 34.5 Å². The second kappa shape index (κ2) is 24.6. The van der Waals surface area contributed by atoms with Gasteiger partial charge in [-0.25, -0.2) is 12.8 Å². The Labute approximate surface area is 482 Å². The normalized spacial score (nSPS) is 18.7.